The summed E-state index contributed by atoms with van der Waals surface area (Å²) in [6.45, 7) is 4.02. The molecule has 0 N–H and O–H groups in total. The van der Waals surface area contributed by atoms with Gasteiger partial charge >= 0.3 is 0 Å². The van der Waals surface area contributed by atoms with Crippen molar-refractivity contribution in [1.29, 1.82) is 0 Å². The van der Waals surface area contributed by atoms with Gasteiger partial charge in [-0.2, -0.15) is 5.10 Å². The molecule has 0 unspecified atom stereocenters. The van der Waals surface area contributed by atoms with Crippen molar-refractivity contribution in [3.63, 3.8) is 0 Å². The first-order valence-corrected chi connectivity index (χ1v) is 5.66. The molecule has 0 fully saturated rings. The summed E-state index contributed by atoms with van der Waals surface area (Å²) in [7, 11) is 1.78. The highest BCUT2D eigenvalue weighted by atomic mass is 35.5. The maximum atomic E-state index is 11.0. The van der Waals surface area contributed by atoms with Crippen molar-refractivity contribution >= 4 is 17.9 Å². The third kappa shape index (κ3) is 2.11. The van der Waals surface area contributed by atoms with E-state index in [-0.39, 0.29) is 0 Å². The number of hydrogen-bond acceptors (Lipinski definition) is 2. The van der Waals surface area contributed by atoms with Crippen LogP contribution in [0.1, 0.15) is 21.5 Å². The van der Waals surface area contributed by atoms with Crippen molar-refractivity contribution in [3.05, 3.63) is 40.0 Å². The van der Waals surface area contributed by atoms with Crippen molar-refractivity contribution in [2.24, 2.45) is 7.05 Å². The van der Waals surface area contributed by atoms with E-state index in [1.165, 1.54) is 0 Å². The van der Waals surface area contributed by atoms with Crippen LogP contribution in [0.4, 0.5) is 0 Å². The SMILES string of the molecule is Cc1cc(Cl)c(-c2nn(C)cc2C=O)cc1C. The van der Waals surface area contributed by atoms with Crippen LogP contribution in [-0.2, 0) is 7.05 Å². The quantitative estimate of drug-likeness (QED) is 0.765. The van der Waals surface area contributed by atoms with Crippen molar-refractivity contribution in [2.75, 3.05) is 0 Å². The van der Waals surface area contributed by atoms with Crippen molar-refractivity contribution < 1.29 is 4.79 Å². The minimum absolute atomic E-state index is 0.553. The van der Waals surface area contributed by atoms with Gasteiger partial charge in [0.15, 0.2) is 6.29 Å². The number of aromatic nitrogens is 2. The second-order valence-electron chi connectivity index (χ2n) is 4.14. The summed E-state index contributed by atoms with van der Waals surface area (Å²) in [4.78, 5) is 11.0. The molecule has 0 atom stereocenters. The van der Waals surface area contributed by atoms with E-state index in [1.54, 1.807) is 17.9 Å². The Kier molecular flexibility index (Phi) is 3.03. The predicted octanol–water partition coefficient (Wildman–Crippen LogP) is 3.17. The van der Waals surface area contributed by atoms with Crippen LogP contribution in [-0.4, -0.2) is 16.1 Å². The van der Waals surface area contributed by atoms with Gasteiger partial charge in [0, 0.05) is 18.8 Å². The van der Waals surface area contributed by atoms with Gasteiger partial charge in [0.1, 0.15) is 5.69 Å². The first kappa shape index (κ1) is 11.9. The predicted molar refractivity (Wildman–Crippen MR) is 68.5 cm³/mol. The fraction of sp³-hybridized carbons (Fsp3) is 0.231. The number of carbonyl (C=O) groups excluding carboxylic acids is 1. The Balaban J connectivity index is 2.67. The highest BCUT2D eigenvalue weighted by Crippen LogP contribution is 2.31. The Bertz CT molecular complexity index is 587. The van der Waals surface area contributed by atoms with Crippen LogP contribution in [0.3, 0.4) is 0 Å². The standard InChI is InChI=1S/C13H13ClN2O/c1-8-4-11(12(14)5-9(8)2)13-10(7-17)6-16(3)15-13/h4-7H,1-3H3. The Labute approximate surface area is 105 Å². The number of hydrogen-bond donors (Lipinski definition) is 0. The lowest BCUT2D eigenvalue weighted by molar-refractivity contribution is 0.112. The summed E-state index contributed by atoms with van der Waals surface area (Å²) < 4.78 is 1.62. The molecule has 2 aromatic rings. The van der Waals surface area contributed by atoms with Gasteiger partial charge in [-0.25, -0.2) is 0 Å². The molecular formula is C13H13ClN2O. The van der Waals surface area contributed by atoms with Gasteiger partial charge in [-0.1, -0.05) is 11.6 Å². The molecular weight excluding hydrogens is 236 g/mol. The summed E-state index contributed by atoms with van der Waals surface area (Å²) in [5.41, 5.74) is 4.25. The third-order valence-corrected chi connectivity index (χ3v) is 3.14. The third-order valence-electron chi connectivity index (χ3n) is 2.82. The van der Waals surface area contributed by atoms with E-state index >= 15 is 0 Å². The van der Waals surface area contributed by atoms with Gasteiger partial charge in [0.25, 0.3) is 0 Å². The molecule has 0 saturated carbocycles. The van der Waals surface area contributed by atoms with Crippen LogP contribution >= 0.6 is 11.6 Å². The Morgan fingerprint density at radius 2 is 1.94 bits per heavy atom. The largest absolute Gasteiger partial charge is 0.298 e. The van der Waals surface area contributed by atoms with Gasteiger partial charge in [0.05, 0.1) is 10.6 Å². The fourth-order valence-corrected chi connectivity index (χ4v) is 2.07. The van der Waals surface area contributed by atoms with Crippen molar-refractivity contribution in [3.8, 4) is 11.3 Å². The smallest absolute Gasteiger partial charge is 0.153 e. The van der Waals surface area contributed by atoms with E-state index in [4.69, 9.17) is 11.6 Å². The fourth-order valence-electron chi connectivity index (χ4n) is 1.76. The summed E-state index contributed by atoms with van der Waals surface area (Å²) in [6, 6.07) is 3.86. The van der Waals surface area contributed by atoms with E-state index in [9.17, 15) is 4.79 Å². The maximum absolute atomic E-state index is 11.0. The molecule has 3 nitrogen and oxygen atoms in total. The minimum atomic E-state index is 0.553. The molecule has 2 rings (SSSR count). The summed E-state index contributed by atoms with van der Waals surface area (Å²) in [5.74, 6) is 0. The molecule has 17 heavy (non-hydrogen) atoms. The van der Waals surface area contributed by atoms with E-state index in [0.717, 1.165) is 23.0 Å². The number of carbonyl (C=O) groups is 1. The summed E-state index contributed by atoms with van der Waals surface area (Å²) in [5, 5.41) is 4.90. The molecule has 1 heterocycles. The van der Waals surface area contributed by atoms with Gasteiger partial charge in [-0.15, -0.1) is 0 Å². The van der Waals surface area contributed by atoms with Crippen LogP contribution in [0.15, 0.2) is 18.3 Å². The normalized spacial score (nSPS) is 10.6. The maximum Gasteiger partial charge on any atom is 0.153 e. The van der Waals surface area contributed by atoms with E-state index in [2.05, 4.69) is 5.10 Å². The Morgan fingerprint density at radius 1 is 1.29 bits per heavy atom. The molecule has 1 aromatic heterocycles. The molecule has 4 heteroatoms. The van der Waals surface area contributed by atoms with Gasteiger partial charge in [-0.05, 0) is 37.1 Å². The second kappa shape index (κ2) is 4.34. The second-order valence-corrected chi connectivity index (χ2v) is 4.55. The Hall–Kier alpha value is -1.61. The van der Waals surface area contributed by atoms with Crippen molar-refractivity contribution in [2.45, 2.75) is 13.8 Å². The number of aryl methyl sites for hydroxylation is 3. The van der Waals surface area contributed by atoms with Crippen LogP contribution in [0.5, 0.6) is 0 Å². The molecule has 1 aromatic carbocycles. The zero-order chi connectivity index (χ0) is 12.6. The highest BCUT2D eigenvalue weighted by Gasteiger charge is 2.13. The van der Waals surface area contributed by atoms with Crippen LogP contribution < -0.4 is 0 Å². The zero-order valence-corrected chi connectivity index (χ0v) is 10.7. The lowest BCUT2D eigenvalue weighted by Crippen LogP contribution is -1.91. The van der Waals surface area contributed by atoms with Crippen LogP contribution in [0, 0.1) is 13.8 Å². The number of nitrogens with zero attached hydrogens (tertiary/aromatic N) is 2. The number of halogens is 1. The van der Waals surface area contributed by atoms with Gasteiger partial charge in [0.2, 0.25) is 0 Å². The molecule has 0 bridgehead atoms. The summed E-state index contributed by atoms with van der Waals surface area (Å²) >= 11 is 6.21. The average molecular weight is 249 g/mol. The Morgan fingerprint density at radius 3 is 2.59 bits per heavy atom. The molecule has 0 spiro atoms. The lowest BCUT2D eigenvalue weighted by Gasteiger charge is -2.06. The summed E-state index contributed by atoms with van der Waals surface area (Å²) in [6.07, 6.45) is 2.49. The number of benzene rings is 1. The molecule has 0 aliphatic carbocycles. The number of aldehydes is 1. The molecule has 0 aliphatic rings. The van der Waals surface area contributed by atoms with E-state index in [0.29, 0.717) is 16.3 Å². The van der Waals surface area contributed by atoms with E-state index in [1.807, 2.05) is 26.0 Å². The van der Waals surface area contributed by atoms with Crippen LogP contribution in [0.2, 0.25) is 5.02 Å². The van der Waals surface area contributed by atoms with Crippen LogP contribution in [0.25, 0.3) is 11.3 Å². The minimum Gasteiger partial charge on any atom is -0.298 e. The lowest BCUT2D eigenvalue weighted by atomic mass is 10.0. The zero-order valence-electron chi connectivity index (χ0n) is 9.99. The first-order chi connectivity index (χ1) is 8.02. The topological polar surface area (TPSA) is 34.9 Å². The molecule has 0 amide bonds. The molecule has 0 aliphatic heterocycles. The van der Waals surface area contributed by atoms with E-state index < -0.39 is 0 Å². The van der Waals surface area contributed by atoms with Gasteiger partial charge in [-0.3, -0.25) is 9.48 Å². The van der Waals surface area contributed by atoms with Crippen molar-refractivity contribution in [1.82, 2.24) is 9.78 Å². The highest BCUT2D eigenvalue weighted by molar-refractivity contribution is 6.33. The monoisotopic (exact) mass is 248 g/mol. The molecule has 0 radical (unpaired) electrons. The first-order valence-electron chi connectivity index (χ1n) is 5.29. The average Bonchev–Trinajstić information content (AvgIpc) is 2.64. The molecule has 0 saturated heterocycles. The molecule has 88 valence electrons. The number of rotatable bonds is 2. The van der Waals surface area contributed by atoms with Gasteiger partial charge < -0.3 is 0 Å².